The molecule has 2 aliphatic carbocycles. The number of methoxy groups -OCH3 is 2. The first-order chi connectivity index (χ1) is 15.2. The van der Waals surface area contributed by atoms with Crippen LogP contribution >= 0.6 is 0 Å². The van der Waals surface area contributed by atoms with Crippen LogP contribution in [0, 0.1) is 29.0 Å². The predicted molar refractivity (Wildman–Crippen MR) is 118 cm³/mol. The second-order valence-electron chi connectivity index (χ2n) is 10.3. The van der Waals surface area contributed by atoms with Crippen LogP contribution in [-0.4, -0.2) is 98.6 Å². The second-order valence-corrected chi connectivity index (χ2v) is 10.3. The summed E-state index contributed by atoms with van der Waals surface area (Å²) in [4.78, 5) is 2.01. The molecular weight excluding hydrogens is 413 g/mol. The molecule has 0 radical (unpaired) electrons. The van der Waals surface area contributed by atoms with Gasteiger partial charge in [-0.1, -0.05) is 0 Å². The van der Waals surface area contributed by atoms with E-state index in [1.54, 1.807) is 14.2 Å². The van der Waals surface area contributed by atoms with Gasteiger partial charge < -0.3 is 15.5 Å². The third-order valence-electron chi connectivity index (χ3n) is 8.19. The zero-order valence-corrected chi connectivity index (χ0v) is 19.8. The van der Waals surface area contributed by atoms with Crippen LogP contribution in [-0.2, 0) is 18.9 Å². The summed E-state index contributed by atoms with van der Waals surface area (Å²) in [6.45, 7) is 6.67. The number of aliphatic hydroxyl groups is 2. The maximum Gasteiger partial charge on any atom is 0.0926 e. The number of hydrogen-bond donors (Lipinski definition) is 4. The summed E-state index contributed by atoms with van der Waals surface area (Å²) < 4.78 is 23.8. The van der Waals surface area contributed by atoms with E-state index in [4.69, 9.17) is 24.3 Å². The Hall–Kier alpha value is -0.615. The molecule has 9 nitrogen and oxygen atoms in total. The van der Waals surface area contributed by atoms with Crippen molar-refractivity contribution in [2.24, 2.45) is 23.7 Å². The van der Waals surface area contributed by atoms with E-state index in [1.807, 2.05) is 18.7 Å². The number of aliphatic hydroxyl groups excluding tert-OH is 2. The fourth-order valence-corrected chi connectivity index (χ4v) is 5.50. The van der Waals surface area contributed by atoms with Gasteiger partial charge in [0.05, 0.1) is 12.2 Å². The summed E-state index contributed by atoms with van der Waals surface area (Å²) in [7, 11) is 4.64. The minimum absolute atomic E-state index is 0.00174. The van der Waals surface area contributed by atoms with Crippen molar-refractivity contribution in [2.75, 3.05) is 40.4 Å². The predicted octanol–water partition coefficient (Wildman–Crippen LogP) is 0.557. The van der Waals surface area contributed by atoms with Crippen LogP contribution in [0.2, 0.25) is 0 Å². The van der Waals surface area contributed by atoms with Gasteiger partial charge >= 0.3 is 126 Å². The molecule has 0 spiro atoms. The molecule has 10 heteroatoms. The number of hydrogen-bond acceptors (Lipinski definition) is 8. The monoisotopic (exact) mass is 453 g/mol. The smallest absolute Gasteiger partial charge is 0.0926 e. The van der Waals surface area contributed by atoms with Crippen LogP contribution in [0.3, 0.4) is 0 Å². The van der Waals surface area contributed by atoms with Crippen molar-refractivity contribution in [2.45, 2.75) is 75.5 Å². The minimum atomic E-state index is -0.956. The average molecular weight is 453 g/mol. The molecule has 8 atom stereocenters. The molecule has 2 saturated carbocycles. The molecule has 5 rings (SSSR count). The molecule has 0 bridgehead atoms. The molecule has 4 N–H and O–H groups in total. The van der Waals surface area contributed by atoms with Gasteiger partial charge in [-0.15, -0.1) is 0 Å². The molecule has 0 aromatic heterocycles. The summed E-state index contributed by atoms with van der Waals surface area (Å²) in [5.74, 6) is 0.162. The van der Waals surface area contributed by atoms with Crippen molar-refractivity contribution < 1.29 is 29.2 Å². The molecule has 182 valence electrons. The van der Waals surface area contributed by atoms with E-state index in [-0.39, 0.29) is 12.2 Å². The molecule has 5 aliphatic rings. The van der Waals surface area contributed by atoms with Gasteiger partial charge in [-0.25, -0.2) is 0 Å². The number of β-amino-alcohol motifs (C(OH)–C–C–N with tert-alkyl or cyclic N) is 1. The first-order valence-electron chi connectivity index (χ1n) is 12.0. The van der Waals surface area contributed by atoms with Crippen molar-refractivity contribution in [1.29, 1.82) is 5.31 Å². The Kier molecular flexibility index (Phi) is 7.32. The molecule has 5 fully saturated rings. The molecule has 32 heavy (non-hydrogen) atoms. The van der Waals surface area contributed by atoms with Gasteiger partial charge in [-0.05, 0) is 18.8 Å². The van der Waals surface area contributed by atoms with Crippen LogP contribution < -0.4 is 5.32 Å². The average Bonchev–Trinajstić information content (AvgIpc) is 3.69. The summed E-state index contributed by atoms with van der Waals surface area (Å²) >= 11 is 0. The number of nitrogens with one attached hydrogen (secondary N) is 2. The normalized spacial score (nSPS) is 46.5. The molecule has 0 aromatic rings. The SMILES string of the molecule is CO[C@@]1(C)O[C@@H]2[C@@H](C3CC3)CN(B=N)C[C@H]2O[C@]1(C)OC.O[C@H]1[C@H](O)CNC[C@@H]1C1CC1. The topological polar surface area (TPSA) is 117 Å². The molecule has 0 amide bonds. The first-order valence-corrected chi connectivity index (χ1v) is 12.0. The van der Waals surface area contributed by atoms with E-state index in [9.17, 15) is 10.2 Å². The van der Waals surface area contributed by atoms with Crippen molar-refractivity contribution in [3.8, 4) is 0 Å². The minimum Gasteiger partial charge on any atom is -0.390 e. The third-order valence-corrected chi connectivity index (χ3v) is 8.19. The van der Waals surface area contributed by atoms with Crippen LogP contribution in [0.4, 0.5) is 0 Å². The van der Waals surface area contributed by atoms with Crippen molar-refractivity contribution in [3.63, 3.8) is 0 Å². The third kappa shape index (κ3) is 4.78. The van der Waals surface area contributed by atoms with Gasteiger partial charge in [0.25, 0.3) is 0 Å². The van der Waals surface area contributed by atoms with Crippen molar-refractivity contribution >= 4 is 7.21 Å². The van der Waals surface area contributed by atoms with E-state index >= 15 is 0 Å². The summed E-state index contributed by atoms with van der Waals surface area (Å²) in [5, 5.41) is 29.6. The van der Waals surface area contributed by atoms with Gasteiger partial charge in [0.2, 0.25) is 0 Å². The molecule has 0 unspecified atom stereocenters. The van der Waals surface area contributed by atoms with E-state index in [0.29, 0.717) is 36.8 Å². The molecule has 3 heterocycles. The summed E-state index contributed by atoms with van der Waals surface area (Å²) in [6.07, 6.45) is 3.83. The summed E-state index contributed by atoms with van der Waals surface area (Å²) in [6, 6.07) is 0. The zero-order chi connectivity index (χ0) is 23.1. The van der Waals surface area contributed by atoms with E-state index in [0.717, 1.165) is 13.1 Å². The molecular formula is C22H40BN3O6. The van der Waals surface area contributed by atoms with Gasteiger partial charge in [0.1, 0.15) is 0 Å². The van der Waals surface area contributed by atoms with Gasteiger partial charge in [0, 0.05) is 19.0 Å². The van der Waals surface area contributed by atoms with Crippen molar-refractivity contribution in [1.82, 2.24) is 10.1 Å². The van der Waals surface area contributed by atoms with E-state index < -0.39 is 23.8 Å². The second kappa shape index (κ2) is 9.56. The number of nitrogens with zero attached hydrogens (tertiary/aromatic N) is 1. The van der Waals surface area contributed by atoms with Crippen LogP contribution in [0.5, 0.6) is 0 Å². The van der Waals surface area contributed by atoms with E-state index in [2.05, 4.69) is 5.32 Å². The van der Waals surface area contributed by atoms with Crippen LogP contribution in [0.15, 0.2) is 0 Å². The Bertz CT molecular complexity index is 668. The Labute approximate surface area is 191 Å². The van der Waals surface area contributed by atoms with Crippen LogP contribution in [0.25, 0.3) is 0 Å². The van der Waals surface area contributed by atoms with Gasteiger partial charge in [0.15, 0.2) is 0 Å². The maximum atomic E-state index is 9.56. The largest absolute Gasteiger partial charge is 0.390 e. The molecule has 0 aromatic carbocycles. The Morgan fingerprint density at radius 1 is 0.938 bits per heavy atom. The molecule has 3 saturated heterocycles. The number of ether oxygens (including phenoxy) is 4. The standard InChI is InChI=1S/C14H25BN2O4.C8H15NO2/c1-13(18-3)14(2,19-4)21-12-10(9-5-6-9)7-17(15-16)8-11(12)20-13;10-7-4-9-3-6(8(7)11)5-1-2-5/h9-12,16H,5-8H2,1-4H3;5-11H,1-4H2/t10-,11-,12-,13+,14+;6-,7-,8-/m11/s1. The first kappa shape index (κ1) is 24.5. The zero-order valence-electron chi connectivity index (χ0n) is 19.8. The Morgan fingerprint density at radius 2 is 1.53 bits per heavy atom. The maximum absolute atomic E-state index is 9.56. The van der Waals surface area contributed by atoms with E-state index in [1.165, 1.54) is 32.9 Å². The van der Waals surface area contributed by atoms with Crippen LogP contribution in [0.1, 0.15) is 39.5 Å². The summed E-state index contributed by atoms with van der Waals surface area (Å²) in [5.41, 5.74) is 0. The van der Waals surface area contributed by atoms with Gasteiger partial charge in [-0.2, -0.15) is 0 Å². The number of piperidine rings is 2. The van der Waals surface area contributed by atoms with Crippen molar-refractivity contribution in [3.05, 3.63) is 0 Å². The molecule has 3 aliphatic heterocycles. The number of rotatable bonds is 5. The Balaban J connectivity index is 0.000000186. The van der Waals surface area contributed by atoms with Gasteiger partial charge in [-0.3, -0.25) is 0 Å². The Morgan fingerprint density at radius 3 is 2.09 bits per heavy atom. The fraction of sp³-hybridized carbons (Fsp3) is 1.00. The fourth-order valence-electron chi connectivity index (χ4n) is 5.50. The quantitative estimate of drug-likeness (QED) is 0.447. The number of fused-ring (bicyclic) bond motifs is 1.